The normalized spacial score (nSPS) is 13.2. The number of sulfonamides is 1. The predicted molar refractivity (Wildman–Crippen MR) is 80.7 cm³/mol. The zero-order chi connectivity index (χ0) is 16.4. The van der Waals surface area contributed by atoms with Crippen LogP contribution in [0, 0.1) is 29.8 Å². The number of nitro benzene ring substituents is 1. The molecule has 9 heteroatoms. The van der Waals surface area contributed by atoms with Gasteiger partial charge in [0.05, 0.1) is 15.4 Å². The Balaban J connectivity index is 3.36. The van der Waals surface area contributed by atoms with Crippen LogP contribution in [-0.2, 0) is 10.0 Å². The average molecular weight is 336 g/mol. The molecule has 1 unspecified atom stereocenters. The Kier molecular flexibility index (Phi) is 5.71. The van der Waals surface area contributed by atoms with E-state index in [0.29, 0.717) is 0 Å². The van der Waals surface area contributed by atoms with Crippen molar-refractivity contribution in [3.63, 3.8) is 0 Å². The quantitative estimate of drug-likeness (QED) is 0.636. The second-order valence-electron chi connectivity index (χ2n) is 4.63. The molecule has 1 rings (SSSR count). The van der Waals surface area contributed by atoms with Crippen LogP contribution < -0.4 is 4.72 Å². The van der Waals surface area contributed by atoms with Gasteiger partial charge in [-0.15, -0.1) is 0 Å². The van der Waals surface area contributed by atoms with Crippen LogP contribution in [0.3, 0.4) is 0 Å². The molecule has 118 valence electrons. The summed E-state index contributed by atoms with van der Waals surface area (Å²) in [7, 11) is -3.93. The number of nitrogens with one attached hydrogen (secondary N) is 1. The van der Waals surface area contributed by atoms with Crippen LogP contribution in [0.2, 0.25) is 0 Å². The number of nitro groups is 1. The lowest BCUT2D eigenvalue weighted by Crippen LogP contribution is -2.30. The van der Waals surface area contributed by atoms with Gasteiger partial charge >= 0.3 is 5.69 Å². The molecule has 0 radical (unpaired) electrons. The van der Waals surface area contributed by atoms with Crippen LogP contribution in [0.15, 0.2) is 11.0 Å². The second kappa shape index (κ2) is 6.71. The standard InChI is InChI=1S/C12H17FN2O4S2/c1-7-5-10(13)11(15(16)17)9(3)12(7)21(18,19)14-6-8(2)20-4/h5,8,14H,6H2,1-4H3. The smallest absolute Gasteiger partial charge is 0.258 e. The number of halogens is 1. The van der Waals surface area contributed by atoms with Crippen molar-refractivity contribution in [2.75, 3.05) is 12.8 Å². The van der Waals surface area contributed by atoms with Gasteiger partial charge in [0, 0.05) is 11.8 Å². The largest absolute Gasteiger partial charge is 0.309 e. The highest BCUT2D eigenvalue weighted by atomic mass is 32.2. The topological polar surface area (TPSA) is 89.3 Å². The molecule has 0 saturated heterocycles. The fraction of sp³-hybridized carbons (Fsp3) is 0.500. The first kappa shape index (κ1) is 17.9. The fourth-order valence-corrected chi connectivity index (χ4v) is 3.88. The number of benzene rings is 1. The summed E-state index contributed by atoms with van der Waals surface area (Å²) in [6.07, 6.45) is 1.85. The van der Waals surface area contributed by atoms with E-state index in [9.17, 15) is 22.9 Å². The Morgan fingerprint density at radius 3 is 2.52 bits per heavy atom. The van der Waals surface area contributed by atoms with Crippen LogP contribution in [0.5, 0.6) is 0 Å². The third-order valence-electron chi connectivity index (χ3n) is 3.04. The van der Waals surface area contributed by atoms with Crippen LogP contribution in [-0.4, -0.2) is 31.4 Å². The van der Waals surface area contributed by atoms with Crippen molar-refractivity contribution in [3.05, 3.63) is 33.1 Å². The highest BCUT2D eigenvalue weighted by Gasteiger charge is 2.29. The van der Waals surface area contributed by atoms with Crippen molar-refractivity contribution in [1.29, 1.82) is 0 Å². The molecule has 1 N–H and O–H groups in total. The molecule has 1 aromatic rings. The average Bonchev–Trinajstić information content (AvgIpc) is 2.34. The summed E-state index contributed by atoms with van der Waals surface area (Å²) in [4.78, 5) is 9.75. The molecular formula is C12H17FN2O4S2. The minimum atomic E-state index is -3.93. The SMILES string of the molecule is CSC(C)CNS(=O)(=O)c1c(C)cc(F)c([N+](=O)[O-])c1C. The van der Waals surface area contributed by atoms with Gasteiger partial charge in [0.15, 0.2) is 0 Å². The Morgan fingerprint density at radius 2 is 2.05 bits per heavy atom. The van der Waals surface area contributed by atoms with E-state index in [2.05, 4.69) is 4.72 Å². The van der Waals surface area contributed by atoms with Crippen molar-refractivity contribution in [1.82, 2.24) is 4.72 Å². The van der Waals surface area contributed by atoms with E-state index in [0.717, 1.165) is 6.07 Å². The predicted octanol–water partition coefficient (Wildman–Crippen LogP) is 2.38. The van der Waals surface area contributed by atoms with Gasteiger partial charge in [0.2, 0.25) is 15.8 Å². The summed E-state index contributed by atoms with van der Waals surface area (Å²) < 4.78 is 40.7. The lowest BCUT2D eigenvalue weighted by atomic mass is 10.1. The first-order valence-electron chi connectivity index (χ1n) is 6.08. The molecule has 0 spiro atoms. The van der Waals surface area contributed by atoms with Crippen molar-refractivity contribution in [2.24, 2.45) is 0 Å². The summed E-state index contributed by atoms with van der Waals surface area (Å²) in [5, 5.41) is 10.9. The summed E-state index contributed by atoms with van der Waals surface area (Å²) >= 11 is 1.48. The zero-order valence-corrected chi connectivity index (χ0v) is 13.8. The fourth-order valence-electron chi connectivity index (χ4n) is 1.93. The number of thioether (sulfide) groups is 1. The third-order valence-corrected chi connectivity index (χ3v) is 5.72. The van der Waals surface area contributed by atoms with Crippen molar-refractivity contribution < 1.29 is 17.7 Å². The maximum absolute atomic E-state index is 13.6. The molecule has 0 aliphatic carbocycles. The molecule has 0 saturated carbocycles. The summed E-state index contributed by atoms with van der Waals surface area (Å²) in [5.41, 5.74) is -0.861. The Hall–Kier alpha value is -1.19. The molecule has 1 aromatic carbocycles. The van der Waals surface area contributed by atoms with Crippen LogP contribution in [0.1, 0.15) is 18.1 Å². The monoisotopic (exact) mass is 336 g/mol. The lowest BCUT2D eigenvalue weighted by molar-refractivity contribution is -0.388. The van der Waals surface area contributed by atoms with E-state index in [-0.39, 0.29) is 27.8 Å². The summed E-state index contributed by atoms with van der Waals surface area (Å²) in [5.74, 6) is -1.04. The molecule has 0 aliphatic rings. The molecule has 0 heterocycles. The molecule has 6 nitrogen and oxygen atoms in total. The van der Waals surface area contributed by atoms with Crippen LogP contribution in [0.25, 0.3) is 0 Å². The van der Waals surface area contributed by atoms with E-state index in [1.54, 1.807) is 0 Å². The van der Waals surface area contributed by atoms with Crippen LogP contribution >= 0.6 is 11.8 Å². The summed E-state index contributed by atoms with van der Waals surface area (Å²) in [6.45, 7) is 4.68. The second-order valence-corrected chi connectivity index (χ2v) is 7.61. The van der Waals surface area contributed by atoms with Gasteiger partial charge in [0.25, 0.3) is 0 Å². The molecule has 0 aromatic heterocycles. The minimum absolute atomic E-state index is 0.0517. The number of rotatable bonds is 6. The molecule has 21 heavy (non-hydrogen) atoms. The maximum Gasteiger partial charge on any atom is 0.309 e. The van der Waals surface area contributed by atoms with Gasteiger partial charge < -0.3 is 0 Å². The highest BCUT2D eigenvalue weighted by Crippen LogP contribution is 2.31. The number of nitrogens with zero attached hydrogens (tertiary/aromatic N) is 1. The summed E-state index contributed by atoms with van der Waals surface area (Å²) in [6, 6.07) is 0.873. The van der Waals surface area contributed by atoms with Gasteiger partial charge in [-0.3, -0.25) is 10.1 Å². The van der Waals surface area contributed by atoms with E-state index >= 15 is 0 Å². The van der Waals surface area contributed by atoms with E-state index in [4.69, 9.17) is 0 Å². The van der Waals surface area contributed by atoms with Crippen molar-refractivity contribution >= 4 is 27.5 Å². The molecule has 0 amide bonds. The van der Waals surface area contributed by atoms with Crippen LogP contribution in [0.4, 0.5) is 10.1 Å². The van der Waals surface area contributed by atoms with Gasteiger partial charge in [-0.2, -0.15) is 16.2 Å². The van der Waals surface area contributed by atoms with Gasteiger partial charge in [-0.25, -0.2) is 13.1 Å². The molecule has 0 aliphatic heterocycles. The molecule has 0 fully saturated rings. The first-order valence-corrected chi connectivity index (χ1v) is 8.85. The molecule has 0 bridgehead atoms. The highest BCUT2D eigenvalue weighted by molar-refractivity contribution is 7.99. The molecular weight excluding hydrogens is 319 g/mol. The Labute approximate surface area is 127 Å². The Morgan fingerprint density at radius 1 is 1.48 bits per heavy atom. The number of aryl methyl sites for hydroxylation is 1. The van der Waals surface area contributed by atoms with Gasteiger partial charge in [0.1, 0.15) is 0 Å². The number of hydrogen-bond acceptors (Lipinski definition) is 5. The van der Waals surface area contributed by atoms with Gasteiger partial charge in [-0.05, 0) is 31.7 Å². The van der Waals surface area contributed by atoms with E-state index < -0.39 is 26.5 Å². The lowest BCUT2D eigenvalue weighted by Gasteiger charge is -2.14. The third kappa shape index (κ3) is 3.92. The van der Waals surface area contributed by atoms with Gasteiger partial charge in [-0.1, -0.05) is 6.92 Å². The first-order chi connectivity index (χ1) is 9.61. The number of hydrogen-bond donors (Lipinski definition) is 1. The zero-order valence-electron chi connectivity index (χ0n) is 12.1. The minimum Gasteiger partial charge on any atom is -0.258 e. The maximum atomic E-state index is 13.6. The Bertz CT molecular complexity index is 662. The van der Waals surface area contributed by atoms with E-state index in [1.807, 2.05) is 13.2 Å². The van der Waals surface area contributed by atoms with Crippen molar-refractivity contribution in [3.8, 4) is 0 Å². The molecule has 1 atom stereocenters. The van der Waals surface area contributed by atoms with E-state index in [1.165, 1.54) is 25.6 Å². The van der Waals surface area contributed by atoms with Crippen molar-refractivity contribution in [2.45, 2.75) is 30.9 Å².